The molecule has 0 spiro atoms. The third-order valence-corrected chi connectivity index (χ3v) is 6.10. The molecule has 3 heterocycles. The number of hydrogen-bond acceptors (Lipinski definition) is 7. The van der Waals surface area contributed by atoms with Gasteiger partial charge in [0.1, 0.15) is 11.4 Å². The summed E-state index contributed by atoms with van der Waals surface area (Å²) >= 11 is 0. The van der Waals surface area contributed by atoms with Crippen LogP contribution in [0.2, 0.25) is 0 Å². The van der Waals surface area contributed by atoms with E-state index in [1.807, 2.05) is 56.4 Å². The van der Waals surface area contributed by atoms with Crippen LogP contribution in [-0.2, 0) is 19.9 Å². The molecule has 3 aromatic heterocycles. The minimum absolute atomic E-state index is 0.292. The third-order valence-electron chi connectivity index (χ3n) is 6.10. The van der Waals surface area contributed by atoms with Gasteiger partial charge in [0.2, 0.25) is 5.89 Å². The average Bonchev–Trinajstić information content (AvgIpc) is 3.43. The molecule has 1 saturated carbocycles. The van der Waals surface area contributed by atoms with Gasteiger partial charge in [-0.25, -0.2) is 4.98 Å². The summed E-state index contributed by atoms with van der Waals surface area (Å²) in [5, 5.41) is 12.7. The summed E-state index contributed by atoms with van der Waals surface area (Å²) in [6.45, 7) is 1.98. The Balaban J connectivity index is 1.33. The number of hydrogen-bond donors (Lipinski definition) is 0. The normalized spacial score (nSPS) is 14.5. The van der Waals surface area contributed by atoms with Crippen molar-refractivity contribution in [3.63, 3.8) is 0 Å². The molecular formula is C25H28N6O2. The summed E-state index contributed by atoms with van der Waals surface area (Å²) in [5.74, 6) is 2.03. The lowest BCUT2D eigenvalue weighted by Crippen LogP contribution is -2.20. The van der Waals surface area contributed by atoms with Crippen LogP contribution in [0.3, 0.4) is 0 Å². The topological polar surface area (TPSA) is 91.8 Å². The van der Waals surface area contributed by atoms with Crippen molar-refractivity contribution in [2.24, 2.45) is 7.05 Å². The fourth-order valence-electron chi connectivity index (χ4n) is 4.30. The van der Waals surface area contributed by atoms with Crippen molar-refractivity contribution >= 4 is 0 Å². The summed E-state index contributed by atoms with van der Waals surface area (Å²) in [5.41, 5.74) is 4.36. The number of aromatic nitrogens is 6. The van der Waals surface area contributed by atoms with E-state index < -0.39 is 0 Å². The van der Waals surface area contributed by atoms with Gasteiger partial charge >= 0.3 is 0 Å². The van der Waals surface area contributed by atoms with Crippen molar-refractivity contribution in [1.29, 1.82) is 0 Å². The van der Waals surface area contributed by atoms with Gasteiger partial charge in [-0.15, -0.1) is 5.10 Å². The molecule has 0 radical (unpaired) electrons. The Hall–Kier alpha value is -3.55. The van der Waals surface area contributed by atoms with Gasteiger partial charge < -0.3 is 9.26 Å². The first-order valence-corrected chi connectivity index (χ1v) is 11.5. The molecule has 8 nitrogen and oxygen atoms in total. The molecule has 0 amide bonds. The Kier molecular flexibility index (Phi) is 6.15. The lowest BCUT2D eigenvalue weighted by atomic mass is 9.98. The van der Waals surface area contributed by atoms with Crippen molar-refractivity contribution in [1.82, 2.24) is 30.1 Å². The molecule has 0 aliphatic heterocycles. The van der Waals surface area contributed by atoms with Crippen LogP contribution in [0.1, 0.15) is 60.8 Å². The second-order valence-corrected chi connectivity index (χ2v) is 8.61. The van der Waals surface area contributed by atoms with Gasteiger partial charge in [0.05, 0.1) is 36.0 Å². The van der Waals surface area contributed by atoms with Crippen LogP contribution < -0.4 is 4.74 Å². The lowest BCUT2D eigenvalue weighted by molar-refractivity contribution is 0.153. The van der Waals surface area contributed by atoms with Gasteiger partial charge in [-0.1, -0.05) is 47.1 Å². The molecule has 0 saturated heterocycles. The zero-order valence-corrected chi connectivity index (χ0v) is 19.1. The lowest BCUT2D eigenvalue weighted by Gasteiger charge is -2.23. The molecule has 1 aliphatic rings. The smallest absolute Gasteiger partial charge is 0.231 e. The molecule has 0 bridgehead atoms. The van der Waals surface area contributed by atoms with Gasteiger partial charge in [0, 0.05) is 7.05 Å². The Bertz CT molecular complexity index is 1210. The first-order valence-electron chi connectivity index (χ1n) is 11.5. The summed E-state index contributed by atoms with van der Waals surface area (Å²) < 4.78 is 13.4. The number of aryl methyl sites for hydroxylation is 2. The second kappa shape index (κ2) is 9.52. The highest BCUT2D eigenvalue weighted by Gasteiger charge is 2.20. The molecule has 170 valence electrons. The molecular weight excluding hydrogens is 416 g/mol. The first kappa shape index (κ1) is 21.3. The molecule has 8 heteroatoms. The van der Waals surface area contributed by atoms with Crippen molar-refractivity contribution in [2.45, 2.75) is 58.0 Å². The van der Waals surface area contributed by atoms with Crippen molar-refractivity contribution in [2.75, 3.05) is 0 Å². The second-order valence-electron chi connectivity index (χ2n) is 8.61. The number of nitrogens with zero attached hydrogens (tertiary/aromatic N) is 6. The molecule has 1 aliphatic carbocycles. The maximum Gasteiger partial charge on any atom is 0.231 e. The van der Waals surface area contributed by atoms with E-state index >= 15 is 0 Å². The molecule has 5 rings (SSSR count). The number of pyridine rings is 1. The molecule has 0 unspecified atom stereocenters. The number of ether oxygens (including phenoxy) is 1. The van der Waals surface area contributed by atoms with Crippen LogP contribution in [0.25, 0.3) is 11.4 Å². The number of benzene rings is 1. The predicted molar refractivity (Wildman–Crippen MR) is 123 cm³/mol. The van der Waals surface area contributed by atoms with Gasteiger partial charge in [-0.3, -0.25) is 4.68 Å². The monoisotopic (exact) mass is 444 g/mol. The van der Waals surface area contributed by atoms with Gasteiger partial charge in [0.15, 0.2) is 5.82 Å². The average molecular weight is 445 g/mol. The van der Waals surface area contributed by atoms with Crippen molar-refractivity contribution in [3.8, 4) is 17.1 Å². The Morgan fingerprint density at radius 2 is 1.82 bits per heavy atom. The maximum atomic E-state index is 6.22. The van der Waals surface area contributed by atoms with E-state index in [1.165, 1.54) is 19.3 Å². The highest BCUT2D eigenvalue weighted by atomic mass is 16.5. The SMILES string of the molecule is Cc1nc(-c2nnn(C)c2Cc2noc(Cc3ccccc3)n2)ccc1OC1CCCCC1. The third kappa shape index (κ3) is 4.94. The van der Waals surface area contributed by atoms with E-state index in [0.717, 1.165) is 46.9 Å². The summed E-state index contributed by atoms with van der Waals surface area (Å²) in [6.07, 6.45) is 7.37. The fourth-order valence-corrected chi connectivity index (χ4v) is 4.30. The minimum Gasteiger partial charge on any atom is -0.489 e. The van der Waals surface area contributed by atoms with Gasteiger partial charge in [0.25, 0.3) is 0 Å². The van der Waals surface area contributed by atoms with E-state index in [-0.39, 0.29) is 0 Å². The van der Waals surface area contributed by atoms with E-state index in [9.17, 15) is 0 Å². The summed E-state index contributed by atoms with van der Waals surface area (Å²) in [4.78, 5) is 9.35. The summed E-state index contributed by atoms with van der Waals surface area (Å²) in [6, 6.07) is 14.0. The van der Waals surface area contributed by atoms with Crippen LogP contribution in [0.15, 0.2) is 47.0 Å². The van der Waals surface area contributed by atoms with Crippen LogP contribution in [0.4, 0.5) is 0 Å². The predicted octanol–water partition coefficient (Wildman–Crippen LogP) is 4.46. The minimum atomic E-state index is 0.292. The largest absolute Gasteiger partial charge is 0.489 e. The van der Waals surface area contributed by atoms with Crippen molar-refractivity contribution < 1.29 is 9.26 Å². The van der Waals surface area contributed by atoms with Crippen LogP contribution >= 0.6 is 0 Å². The standard InChI is InChI=1S/C25H28N6O2/c1-17-22(32-19-11-7-4-8-12-19)14-13-20(26-17)25-21(31(2)30-28-25)16-23-27-24(33-29-23)15-18-9-5-3-6-10-18/h3,5-6,9-10,13-14,19H,4,7-8,11-12,15-16H2,1-2H3. The highest BCUT2D eigenvalue weighted by molar-refractivity contribution is 5.58. The molecule has 1 fully saturated rings. The van der Waals surface area contributed by atoms with Gasteiger partial charge in [-0.05, 0) is 50.3 Å². The molecule has 33 heavy (non-hydrogen) atoms. The number of rotatable bonds is 7. The Labute approximate surface area is 193 Å². The van der Waals surface area contributed by atoms with E-state index in [0.29, 0.717) is 30.7 Å². The van der Waals surface area contributed by atoms with Gasteiger partial charge in [-0.2, -0.15) is 4.98 Å². The Morgan fingerprint density at radius 1 is 1.00 bits per heavy atom. The van der Waals surface area contributed by atoms with E-state index in [4.69, 9.17) is 14.2 Å². The van der Waals surface area contributed by atoms with E-state index in [2.05, 4.69) is 20.5 Å². The quantitative estimate of drug-likeness (QED) is 0.415. The first-order chi connectivity index (χ1) is 16.2. The van der Waals surface area contributed by atoms with E-state index in [1.54, 1.807) is 4.68 Å². The highest BCUT2D eigenvalue weighted by Crippen LogP contribution is 2.28. The molecule has 4 aromatic rings. The zero-order valence-electron chi connectivity index (χ0n) is 19.1. The van der Waals surface area contributed by atoms with Crippen LogP contribution in [-0.4, -0.2) is 36.2 Å². The maximum absolute atomic E-state index is 6.22. The van der Waals surface area contributed by atoms with Crippen LogP contribution in [0, 0.1) is 6.92 Å². The fraction of sp³-hybridized carbons (Fsp3) is 0.400. The molecule has 0 N–H and O–H groups in total. The zero-order chi connectivity index (χ0) is 22.6. The van der Waals surface area contributed by atoms with Crippen molar-refractivity contribution in [3.05, 3.63) is 71.1 Å². The molecule has 0 atom stereocenters. The Morgan fingerprint density at radius 3 is 2.61 bits per heavy atom. The molecule has 1 aromatic carbocycles. The van der Waals surface area contributed by atoms with Crippen LogP contribution in [0.5, 0.6) is 5.75 Å². The summed E-state index contributed by atoms with van der Waals surface area (Å²) in [7, 11) is 1.87.